The molecular weight excluding hydrogens is 462 g/mol. The van der Waals surface area contributed by atoms with E-state index in [0.29, 0.717) is 28.7 Å². The number of hydrogen-bond donors (Lipinski definition) is 2. The Hall–Kier alpha value is -3.50. The highest BCUT2D eigenvalue weighted by atomic mass is 19.3. The van der Waals surface area contributed by atoms with Gasteiger partial charge < -0.3 is 5.32 Å². The first kappa shape index (κ1) is 24.2. The summed E-state index contributed by atoms with van der Waals surface area (Å²) < 4.78 is 26.3. The van der Waals surface area contributed by atoms with Crippen LogP contribution < -0.4 is 5.32 Å². The van der Waals surface area contributed by atoms with Crippen molar-refractivity contribution in [3.8, 4) is 22.6 Å². The Bertz CT molecular complexity index is 1310. The van der Waals surface area contributed by atoms with E-state index in [1.165, 1.54) is 6.07 Å². The first-order chi connectivity index (χ1) is 17.5. The van der Waals surface area contributed by atoms with E-state index >= 15 is 0 Å². The first-order valence-corrected chi connectivity index (χ1v) is 12.2. The SMILES string of the molecule is CC(C)N1CCN(CCNc2cnc3ccc(-c4cn[nH]c4-c4cccc(C(F)F)n4)nc3c2)CC1. The molecule has 0 bridgehead atoms. The predicted octanol–water partition coefficient (Wildman–Crippen LogP) is 4.46. The number of alkyl halides is 2. The Labute approximate surface area is 208 Å². The summed E-state index contributed by atoms with van der Waals surface area (Å²) in [6, 6.07) is 10.9. The largest absolute Gasteiger partial charge is 0.382 e. The molecule has 4 aromatic rings. The number of piperazine rings is 1. The highest BCUT2D eigenvalue weighted by molar-refractivity contribution is 5.83. The zero-order valence-corrected chi connectivity index (χ0v) is 20.5. The molecule has 0 saturated carbocycles. The third-order valence-electron chi connectivity index (χ3n) is 6.60. The monoisotopic (exact) mass is 492 g/mol. The molecule has 0 spiro atoms. The molecule has 5 heterocycles. The number of aromatic amines is 1. The third kappa shape index (κ3) is 5.34. The van der Waals surface area contributed by atoms with Gasteiger partial charge in [0.25, 0.3) is 6.43 Å². The van der Waals surface area contributed by atoms with Crippen LogP contribution in [0, 0.1) is 0 Å². The Morgan fingerprint density at radius 2 is 1.81 bits per heavy atom. The fourth-order valence-corrected chi connectivity index (χ4v) is 4.50. The second kappa shape index (κ2) is 10.6. The normalized spacial score (nSPS) is 15.3. The van der Waals surface area contributed by atoms with Crippen LogP contribution in [0.2, 0.25) is 0 Å². The third-order valence-corrected chi connectivity index (χ3v) is 6.60. The lowest BCUT2D eigenvalue weighted by molar-refractivity contribution is 0.111. The maximum absolute atomic E-state index is 13.1. The maximum atomic E-state index is 13.1. The molecule has 2 N–H and O–H groups in total. The van der Waals surface area contributed by atoms with Gasteiger partial charge in [-0.05, 0) is 44.2 Å². The quantitative estimate of drug-likeness (QED) is 0.376. The molecule has 0 atom stereocenters. The zero-order chi connectivity index (χ0) is 25.1. The number of rotatable bonds is 8. The van der Waals surface area contributed by atoms with Gasteiger partial charge in [0.1, 0.15) is 5.69 Å². The van der Waals surface area contributed by atoms with Gasteiger partial charge in [0.2, 0.25) is 0 Å². The molecule has 1 aliphatic heterocycles. The van der Waals surface area contributed by atoms with E-state index in [1.807, 2.05) is 24.4 Å². The number of H-pyrrole nitrogens is 1. The fraction of sp³-hybridized carbons (Fsp3) is 0.385. The molecule has 36 heavy (non-hydrogen) atoms. The number of fused-ring (bicyclic) bond motifs is 1. The van der Waals surface area contributed by atoms with Crippen LogP contribution in [-0.2, 0) is 0 Å². The molecule has 1 saturated heterocycles. The number of halogens is 2. The van der Waals surface area contributed by atoms with Crippen molar-refractivity contribution in [2.45, 2.75) is 26.3 Å². The average Bonchev–Trinajstić information content (AvgIpc) is 3.39. The Morgan fingerprint density at radius 3 is 2.58 bits per heavy atom. The highest BCUT2D eigenvalue weighted by Gasteiger charge is 2.18. The highest BCUT2D eigenvalue weighted by Crippen LogP contribution is 2.30. The number of nitrogens with one attached hydrogen (secondary N) is 2. The molecule has 4 aromatic heterocycles. The lowest BCUT2D eigenvalue weighted by Gasteiger charge is -2.36. The minimum atomic E-state index is -2.64. The minimum absolute atomic E-state index is 0.277. The second-order valence-corrected chi connectivity index (χ2v) is 9.26. The van der Waals surface area contributed by atoms with Crippen molar-refractivity contribution in [3.05, 3.63) is 54.5 Å². The van der Waals surface area contributed by atoms with Crippen molar-refractivity contribution in [1.82, 2.24) is 34.9 Å². The lowest BCUT2D eigenvalue weighted by Crippen LogP contribution is -2.49. The van der Waals surface area contributed by atoms with Gasteiger partial charge in [-0.15, -0.1) is 0 Å². The number of nitrogens with zero attached hydrogens (tertiary/aromatic N) is 6. The van der Waals surface area contributed by atoms with Gasteiger partial charge >= 0.3 is 0 Å². The van der Waals surface area contributed by atoms with Crippen LogP contribution in [0.5, 0.6) is 0 Å². The van der Waals surface area contributed by atoms with Crippen LogP contribution in [0.25, 0.3) is 33.7 Å². The summed E-state index contributed by atoms with van der Waals surface area (Å²) in [7, 11) is 0. The van der Waals surface area contributed by atoms with Crippen molar-refractivity contribution in [3.63, 3.8) is 0 Å². The number of pyridine rings is 3. The zero-order valence-electron chi connectivity index (χ0n) is 20.5. The minimum Gasteiger partial charge on any atom is -0.382 e. The molecule has 0 radical (unpaired) electrons. The van der Waals surface area contributed by atoms with Gasteiger partial charge in [0, 0.05) is 50.9 Å². The molecule has 0 amide bonds. The van der Waals surface area contributed by atoms with E-state index in [1.54, 1.807) is 18.3 Å². The van der Waals surface area contributed by atoms with Crippen LogP contribution in [-0.4, -0.2) is 80.3 Å². The summed E-state index contributed by atoms with van der Waals surface area (Å²) in [4.78, 5) is 18.4. The Kier molecular flexibility index (Phi) is 7.15. The number of aromatic nitrogens is 5. The van der Waals surface area contributed by atoms with Crippen LogP contribution in [0.1, 0.15) is 26.0 Å². The molecule has 10 heteroatoms. The van der Waals surface area contributed by atoms with Gasteiger partial charge in [-0.2, -0.15) is 5.10 Å². The van der Waals surface area contributed by atoms with Gasteiger partial charge in [-0.1, -0.05) is 6.07 Å². The Balaban J connectivity index is 1.29. The first-order valence-electron chi connectivity index (χ1n) is 12.2. The molecule has 5 rings (SSSR count). The van der Waals surface area contributed by atoms with Crippen molar-refractivity contribution in [1.29, 1.82) is 0 Å². The van der Waals surface area contributed by atoms with Crippen molar-refractivity contribution >= 4 is 16.7 Å². The fourth-order valence-electron chi connectivity index (χ4n) is 4.50. The smallest absolute Gasteiger partial charge is 0.280 e. The van der Waals surface area contributed by atoms with Crippen LogP contribution in [0.4, 0.5) is 14.5 Å². The molecule has 1 aliphatic rings. The van der Waals surface area contributed by atoms with Crippen molar-refractivity contribution in [2.24, 2.45) is 0 Å². The maximum Gasteiger partial charge on any atom is 0.280 e. The van der Waals surface area contributed by atoms with Crippen LogP contribution in [0.3, 0.4) is 0 Å². The molecule has 0 aromatic carbocycles. The summed E-state index contributed by atoms with van der Waals surface area (Å²) in [5, 5.41) is 10.5. The van der Waals surface area contributed by atoms with E-state index in [0.717, 1.165) is 56.0 Å². The van der Waals surface area contributed by atoms with Gasteiger partial charge in [0.15, 0.2) is 0 Å². The molecule has 0 aliphatic carbocycles. The molecule has 8 nitrogen and oxygen atoms in total. The van der Waals surface area contributed by atoms with Gasteiger partial charge in [-0.25, -0.2) is 18.7 Å². The van der Waals surface area contributed by atoms with Gasteiger partial charge in [-0.3, -0.25) is 19.9 Å². The number of hydrogen-bond acceptors (Lipinski definition) is 7. The second-order valence-electron chi connectivity index (χ2n) is 9.26. The van der Waals surface area contributed by atoms with E-state index < -0.39 is 6.43 Å². The van der Waals surface area contributed by atoms with Crippen molar-refractivity contribution in [2.75, 3.05) is 44.6 Å². The molecule has 188 valence electrons. The van der Waals surface area contributed by atoms with Crippen molar-refractivity contribution < 1.29 is 8.78 Å². The summed E-state index contributed by atoms with van der Waals surface area (Å²) in [5.41, 5.74) is 4.44. The molecule has 1 fully saturated rings. The van der Waals surface area contributed by atoms with Crippen LogP contribution in [0.15, 0.2) is 48.8 Å². The molecule has 0 unspecified atom stereocenters. The summed E-state index contributed by atoms with van der Waals surface area (Å²) in [6.45, 7) is 10.7. The summed E-state index contributed by atoms with van der Waals surface area (Å²) >= 11 is 0. The van der Waals surface area contributed by atoms with E-state index in [9.17, 15) is 8.78 Å². The van der Waals surface area contributed by atoms with E-state index in [-0.39, 0.29) is 5.69 Å². The molecular formula is C26H30F2N8. The standard InChI is InChI=1S/C26H30F2N8/c1-17(2)36-12-10-35(11-13-36)9-8-29-18-14-24-21(30-15-18)7-6-20(32-24)19-16-31-34-25(19)22-4-3-5-23(33-22)26(27)28/h3-7,14-17,26,29H,8-13H2,1-2H3,(H,31,34). The van der Waals surface area contributed by atoms with Crippen LogP contribution >= 0.6 is 0 Å². The van der Waals surface area contributed by atoms with E-state index in [2.05, 4.69) is 49.1 Å². The summed E-state index contributed by atoms with van der Waals surface area (Å²) in [5.74, 6) is 0. The lowest BCUT2D eigenvalue weighted by atomic mass is 10.1. The topological polar surface area (TPSA) is 85.9 Å². The Morgan fingerprint density at radius 1 is 0.972 bits per heavy atom. The number of anilines is 1. The summed E-state index contributed by atoms with van der Waals surface area (Å²) in [6.07, 6.45) is 0.815. The predicted molar refractivity (Wildman–Crippen MR) is 137 cm³/mol. The average molecular weight is 493 g/mol. The van der Waals surface area contributed by atoms with E-state index in [4.69, 9.17) is 4.98 Å². The van der Waals surface area contributed by atoms with Gasteiger partial charge in [0.05, 0.1) is 46.2 Å².